The van der Waals surface area contributed by atoms with Gasteiger partial charge in [-0.1, -0.05) is 135 Å². The average molecular weight is 526 g/mol. The first kappa shape index (κ1) is 29.5. The summed E-state index contributed by atoms with van der Waals surface area (Å²) in [6.07, 6.45) is 1.09. The third-order valence-electron chi connectivity index (χ3n) is 7.97. The predicted octanol–water partition coefficient (Wildman–Crippen LogP) is 8.18. The molecule has 4 rings (SSSR count). The van der Waals surface area contributed by atoms with Crippen LogP contribution in [0.2, 0.25) is 0 Å². The highest BCUT2D eigenvalue weighted by Crippen LogP contribution is 2.26. The van der Waals surface area contributed by atoms with Gasteiger partial charge in [0.1, 0.15) is 0 Å². The summed E-state index contributed by atoms with van der Waals surface area (Å²) in [5.74, 6) is 0.550. The van der Waals surface area contributed by atoms with Gasteiger partial charge in [0.05, 0.1) is 0 Å². The minimum absolute atomic E-state index is 0.175. The van der Waals surface area contributed by atoms with Crippen LogP contribution in [0.1, 0.15) is 95.7 Å². The van der Waals surface area contributed by atoms with E-state index in [0.29, 0.717) is 5.92 Å². The van der Waals surface area contributed by atoms with Gasteiger partial charge >= 0.3 is 0 Å². The van der Waals surface area contributed by atoms with Crippen LogP contribution in [0.4, 0.5) is 0 Å². The Morgan fingerprint density at radius 3 is 1.13 bits per heavy atom. The molecule has 0 saturated carbocycles. The van der Waals surface area contributed by atoms with Crippen molar-refractivity contribution >= 4 is 0 Å². The Balaban J connectivity index is 1.49. The molecular formula is C36H51N3. The normalized spacial score (nSPS) is 16.5. The van der Waals surface area contributed by atoms with Crippen molar-refractivity contribution in [1.29, 1.82) is 0 Å². The predicted molar refractivity (Wildman–Crippen MR) is 167 cm³/mol. The van der Waals surface area contributed by atoms with E-state index < -0.39 is 0 Å². The number of nitrogens with one attached hydrogen (secondary N) is 1. The zero-order valence-corrected chi connectivity index (χ0v) is 25.9. The van der Waals surface area contributed by atoms with E-state index in [1.165, 1.54) is 33.4 Å². The van der Waals surface area contributed by atoms with Crippen molar-refractivity contribution in [2.75, 3.05) is 13.1 Å². The van der Waals surface area contributed by atoms with Gasteiger partial charge in [-0.15, -0.1) is 0 Å². The van der Waals surface area contributed by atoms with E-state index in [0.717, 1.165) is 32.6 Å². The molecule has 39 heavy (non-hydrogen) atoms. The molecule has 0 atom stereocenters. The second-order valence-electron chi connectivity index (χ2n) is 14.8. The molecule has 1 aliphatic heterocycles. The van der Waals surface area contributed by atoms with Gasteiger partial charge in [0, 0.05) is 26.2 Å². The maximum atomic E-state index is 3.75. The summed E-state index contributed by atoms with van der Waals surface area (Å²) in [6.45, 7) is 24.4. The molecule has 1 fully saturated rings. The van der Waals surface area contributed by atoms with Crippen molar-refractivity contribution in [2.45, 2.75) is 98.1 Å². The molecule has 0 spiro atoms. The zero-order valence-electron chi connectivity index (χ0n) is 25.9. The highest BCUT2D eigenvalue weighted by Gasteiger charge is 2.26. The van der Waals surface area contributed by atoms with E-state index in [9.17, 15) is 0 Å². The Hall–Kier alpha value is -2.46. The van der Waals surface area contributed by atoms with E-state index in [1.54, 1.807) is 0 Å². The quantitative estimate of drug-likeness (QED) is 0.350. The minimum Gasteiger partial charge on any atom is -0.226 e. The van der Waals surface area contributed by atoms with Gasteiger partial charge in [-0.25, -0.2) is 10.0 Å². The van der Waals surface area contributed by atoms with Crippen LogP contribution in [0.3, 0.4) is 0 Å². The number of hydrogen-bond acceptors (Lipinski definition) is 3. The molecule has 3 heteroatoms. The summed E-state index contributed by atoms with van der Waals surface area (Å²) < 4.78 is 0. The lowest BCUT2D eigenvalue weighted by atomic mass is 9.86. The van der Waals surface area contributed by atoms with Gasteiger partial charge in [-0.2, -0.15) is 5.53 Å². The first-order chi connectivity index (χ1) is 18.2. The molecule has 0 amide bonds. The SMILES string of the molecule is CC(C)(C)c1ccc(CC2CN(Cc3ccc(C(C)(C)C)cc3)NN(Cc3ccc(C(C)(C)C)cc3)C2)cc1. The topological polar surface area (TPSA) is 18.5 Å². The second kappa shape index (κ2) is 11.6. The molecule has 1 N–H and O–H groups in total. The van der Waals surface area contributed by atoms with Crippen molar-refractivity contribution in [3.05, 3.63) is 106 Å². The van der Waals surface area contributed by atoms with Crippen LogP contribution in [-0.2, 0) is 35.8 Å². The molecule has 210 valence electrons. The molecule has 1 aliphatic rings. The summed E-state index contributed by atoms with van der Waals surface area (Å²) in [7, 11) is 0. The monoisotopic (exact) mass is 525 g/mol. The first-order valence-corrected chi connectivity index (χ1v) is 14.7. The second-order valence-corrected chi connectivity index (χ2v) is 14.8. The fraction of sp³-hybridized carbons (Fsp3) is 0.500. The van der Waals surface area contributed by atoms with Gasteiger partial charge in [-0.05, 0) is 62.0 Å². The van der Waals surface area contributed by atoms with Gasteiger partial charge in [0.15, 0.2) is 0 Å². The average Bonchev–Trinajstić information content (AvgIpc) is 2.83. The number of hydrazine groups is 2. The largest absolute Gasteiger partial charge is 0.226 e. The van der Waals surface area contributed by atoms with Gasteiger partial charge < -0.3 is 0 Å². The summed E-state index contributed by atoms with van der Waals surface area (Å²) in [5, 5.41) is 4.82. The summed E-state index contributed by atoms with van der Waals surface area (Å²) >= 11 is 0. The minimum atomic E-state index is 0.175. The smallest absolute Gasteiger partial charge is 0.0395 e. The Morgan fingerprint density at radius 1 is 0.513 bits per heavy atom. The lowest BCUT2D eigenvalue weighted by Crippen LogP contribution is -2.58. The molecule has 3 aromatic rings. The number of nitrogens with zero attached hydrogens (tertiary/aromatic N) is 2. The van der Waals surface area contributed by atoms with Crippen molar-refractivity contribution in [3.8, 4) is 0 Å². The first-order valence-electron chi connectivity index (χ1n) is 14.7. The lowest BCUT2D eigenvalue weighted by Gasteiger charge is -2.41. The number of benzene rings is 3. The van der Waals surface area contributed by atoms with Crippen LogP contribution >= 0.6 is 0 Å². The maximum absolute atomic E-state index is 3.75. The van der Waals surface area contributed by atoms with Gasteiger partial charge in [0.2, 0.25) is 0 Å². The molecule has 0 aromatic heterocycles. The van der Waals surface area contributed by atoms with Crippen LogP contribution < -0.4 is 5.53 Å². The molecule has 0 unspecified atom stereocenters. The Labute approximate surface area is 238 Å². The number of hydrogen-bond donors (Lipinski definition) is 1. The van der Waals surface area contributed by atoms with Crippen LogP contribution in [0.15, 0.2) is 72.8 Å². The molecule has 1 saturated heterocycles. The molecule has 3 nitrogen and oxygen atoms in total. The van der Waals surface area contributed by atoms with Gasteiger partial charge in [-0.3, -0.25) is 0 Å². The van der Waals surface area contributed by atoms with Crippen molar-refractivity contribution < 1.29 is 0 Å². The third-order valence-corrected chi connectivity index (χ3v) is 7.97. The maximum Gasteiger partial charge on any atom is 0.0395 e. The summed E-state index contributed by atoms with van der Waals surface area (Å²) in [5.41, 5.74) is 12.6. The third kappa shape index (κ3) is 8.27. The van der Waals surface area contributed by atoms with Crippen LogP contribution in [-0.4, -0.2) is 23.1 Å². The van der Waals surface area contributed by atoms with Crippen LogP contribution in [0.25, 0.3) is 0 Å². The van der Waals surface area contributed by atoms with E-state index in [2.05, 4.69) is 151 Å². The van der Waals surface area contributed by atoms with Crippen LogP contribution in [0.5, 0.6) is 0 Å². The molecular weight excluding hydrogens is 474 g/mol. The lowest BCUT2D eigenvalue weighted by molar-refractivity contribution is -0.0540. The van der Waals surface area contributed by atoms with Gasteiger partial charge in [0.25, 0.3) is 0 Å². The molecule has 0 radical (unpaired) electrons. The summed E-state index contributed by atoms with van der Waals surface area (Å²) in [6, 6.07) is 27.7. The van der Waals surface area contributed by atoms with E-state index in [4.69, 9.17) is 0 Å². The van der Waals surface area contributed by atoms with E-state index in [-0.39, 0.29) is 16.2 Å². The zero-order chi connectivity index (χ0) is 28.4. The highest BCUT2D eigenvalue weighted by atomic mass is 15.8. The fourth-order valence-corrected chi connectivity index (χ4v) is 5.43. The number of rotatable bonds is 6. The molecule has 1 heterocycles. The standard InChI is InChI=1S/C36H51N3/c1-34(2,3)31-16-10-27(11-17-31)22-30-25-38(23-28-12-18-32(19-13-28)35(4,5)6)37-39(26-30)24-29-14-20-33(21-15-29)36(7,8)9/h10-21,30,37H,22-26H2,1-9H3. The Bertz CT molecular complexity index is 1030. The van der Waals surface area contributed by atoms with Crippen molar-refractivity contribution in [1.82, 2.24) is 15.6 Å². The van der Waals surface area contributed by atoms with E-state index >= 15 is 0 Å². The molecule has 0 aliphatic carbocycles. The van der Waals surface area contributed by atoms with Crippen LogP contribution in [0, 0.1) is 5.92 Å². The highest BCUT2D eigenvalue weighted by molar-refractivity contribution is 5.30. The van der Waals surface area contributed by atoms with Crippen molar-refractivity contribution in [3.63, 3.8) is 0 Å². The van der Waals surface area contributed by atoms with E-state index in [1.807, 2.05) is 0 Å². The summed E-state index contributed by atoms with van der Waals surface area (Å²) in [4.78, 5) is 0. The molecule has 0 bridgehead atoms. The Kier molecular flexibility index (Phi) is 8.76. The Morgan fingerprint density at radius 2 is 0.821 bits per heavy atom. The molecule has 3 aromatic carbocycles. The fourth-order valence-electron chi connectivity index (χ4n) is 5.43. The van der Waals surface area contributed by atoms with Crippen molar-refractivity contribution in [2.24, 2.45) is 5.92 Å².